The Balaban J connectivity index is 2.09. The summed E-state index contributed by atoms with van der Waals surface area (Å²) in [5, 5.41) is 0. The minimum absolute atomic E-state index is 0.0136. The zero-order valence-electron chi connectivity index (χ0n) is 10.9. The predicted octanol–water partition coefficient (Wildman–Crippen LogP) is 0.875. The van der Waals surface area contributed by atoms with E-state index in [4.69, 9.17) is 9.47 Å². The molecule has 0 aliphatic carbocycles. The second kappa shape index (κ2) is 6.33. The molecule has 1 heterocycles. The number of ether oxygens (including phenoxy) is 2. The Morgan fingerprint density at radius 3 is 2.63 bits per heavy atom. The van der Waals surface area contributed by atoms with E-state index in [0.29, 0.717) is 37.4 Å². The summed E-state index contributed by atoms with van der Waals surface area (Å²) in [5.74, 6) is -0.398. The molecule has 0 bridgehead atoms. The molecular weight excluding hydrogens is 246 g/mol. The highest BCUT2D eigenvalue weighted by molar-refractivity contribution is 5.93. The first-order valence-corrected chi connectivity index (χ1v) is 6.24. The first kappa shape index (κ1) is 13.5. The molecule has 1 fully saturated rings. The largest absolute Gasteiger partial charge is 0.465 e. The highest BCUT2D eigenvalue weighted by Gasteiger charge is 2.19. The van der Waals surface area contributed by atoms with Gasteiger partial charge in [-0.15, -0.1) is 0 Å². The number of benzene rings is 1. The molecule has 1 aromatic carbocycles. The minimum Gasteiger partial charge on any atom is -0.465 e. The van der Waals surface area contributed by atoms with Gasteiger partial charge in [0.15, 0.2) is 0 Å². The fourth-order valence-corrected chi connectivity index (χ4v) is 2.07. The molecule has 0 unspecified atom stereocenters. The fourth-order valence-electron chi connectivity index (χ4n) is 2.07. The lowest BCUT2D eigenvalue weighted by atomic mass is 10.0. The molecule has 102 valence electrons. The number of esters is 1. The number of hydrogen-bond acceptors (Lipinski definition) is 4. The maximum atomic E-state index is 12.1. The van der Waals surface area contributed by atoms with Crippen LogP contribution in [-0.2, 0) is 20.7 Å². The van der Waals surface area contributed by atoms with Crippen LogP contribution in [0.1, 0.15) is 15.9 Å². The van der Waals surface area contributed by atoms with E-state index in [9.17, 15) is 9.59 Å². The van der Waals surface area contributed by atoms with Crippen molar-refractivity contribution in [3.8, 4) is 0 Å². The van der Waals surface area contributed by atoms with Gasteiger partial charge in [0.25, 0.3) is 0 Å². The third kappa shape index (κ3) is 3.32. The summed E-state index contributed by atoms with van der Waals surface area (Å²) < 4.78 is 9.93. The van der Waals surface area contributed by atoms with Crippen molar-refractivity contribution in [1.82, 2.24) is 4.90 Å². The molecule has 0 N–H and O–H groups in total. The van der Waals surface area contributed by atoms with Gasteiger partial charge in [-0.05, 0) is 11.6 Å². The second-order valence-corrected chi connectivity index (χ2v) is 4.32. The van der Waals surface area contributed by atoms with E-state index in [-0.39, 0.29) is 12.3 Å². The molecule has 0 radical (unpaired) electrons. The van der Waals surface area contributed by atoms with Crippen molar-refractivity contribution < 1.29 is 19.1 Å². The van der Waals surface area contributed by atoms with Crippen molar-refractivity contribution in [3.63, 3.8) is 0 Å². The number of amides is 1. The molecule has 1 aromatic rings. The lowest BCUT2D eigenvalue weighted by molar-refractivity contribution is -0.134. The summed E-state index contributed by atoms with van der Waals surface area (Å²) in [6.07, 6.45) is 0.214. The summed E-state index contributed by atoms with van der Waals surface area (Å²) in [5.41, 5.74) is 1.15. The van der Waals surface area contributed by atoms with Crippen LogP contribution in [0.5, 0.6) is 0 Å². The molecular formula is C14H17NO4. The predicted molar refractivity (Wildman–Crippen MR) is 68.9 cm³/mol. The van der Waals surface area contributed by atoms with Gasteiger partial charge in [-0.2, -0.15) is 0 Å². The number of nitrogens with zero attached hydrogens (tertiary/aromatic N) is 1. The number of morpholine rings is 1. The average molecular weight is 263 g/mol. The summed E-state index contributed by atoms with van der Waals surface area (Å²) in [4.78, 5) is 25.5. The zero-order valence-corrected chi connectivity index (χ0v) is 10.9. The monoisotopic (exact) mass is 263 g/mol. The van der Waals surface area contributed by atoms with Gasteiger partial charge >= 0.3 is 5.97 Å². The van der Waals surface area contributed by atoms with Crippen LogP contribution in [-0.4, -0.2) is 50.2 Å². The molecule has 1 aliphatic heterocycles. The Kier molecular flexibility index (Phi) is 4.52. The van der Waals surface area contributed by atoms with Crippen LogP contribution < -0.4 is 0 Å². The molecule has 5 heteroatoms. The maximum Gasteiger partial charge on any atom is 0.338 e. The normalized spacial score (nSPS) is 15.1. The van der Waals surface area contributed by atoms with Crippen molar-refractivity contribution in [3.05, 3.63) is 35.4 Å². The summed E-state index contributed by atoms with van der Waals surface area (Å²) >= 11 is 0. The number of methoxy groups -OCH3 is 1. The van der Waals surface area contributed by atoms with Gasteiger partial charge < -0.3 is 14.4 Å². The first-order valence-electron chi connectivity index (χ1n) is 6.24. The molecule has 19 heavy (non-hydrogen) atoms. The summed E-state index contributed by atoms with van der Waals surface area (Å²) in [6.45, 7) is 2.37. The van der Waals surface area contributed by atoms with Crippen LogP contribution in [0.15, 0.2) is 24.3 Å². The number of rotatable bonds is 3. The molecule has 1 amide bonds. The molecule has 2 rings (SSSR count). The Hall–Kier alpha value is -1.88. The van der Waals surface area contributed by atoms with E-state index in [2.05, 4.69) is 0 Å². The van der Waals surface area contributed by atoms with Crippen LogP contribution >= 0.6 is 0 Å². The van der Waals surface area contributed by atoms with Crippen molar-refractivity contribution in [2.45, 2.75) is 6.42 Å². The van der Waals surface area contributed by atoms with Gasteiger partial charge in [0.1, 0.15) is 0 Å². The van der Waals surface area contributed by atoms with Crippen LogP contribution in [0.25, 0.3) is 0 Å². The summed E-state index contributed by atoms with van der Waals surface area (Å²) in [7, 11) is 1.34. The Morgan fingerprint density at radius 2 is 1.95 bits per heavy atom. The highest BCUT2D eigenvalue weighted by Crippen LogP contribution is 2.12. The lowest BCUT2D eigenvalue weighted by Crippen LogP contribution is -2.41. The lowest BCUT2D eigenvalue weighted by Gasteiger charge is -2.27. The smallest absolute Gasteiger partial charge is 0.338 e. The Labute approximate surface area is 112 Å². The fraction of sp³-hybridized carbons (Fsp3) is 0.429. The van der Waals surface area contributed by atoms with Gasteiger partial charge in [0, 0.05) is 13.1 Å². The highest BCUT2D eigenvalue weighted by atomic mass is 16.5. The number of hydrogen-bond donors (Lipinski definition) is 0. The minimum atomic E-state index is -0.412. The summed E-state index contributed by atoms with van der Waals surface area (Å²) in [6, 6.07) is 7.03. The first-order chi connectivity index (χ1) is 9.22. The molecule has 0 saturated carbocycles. The molecule has 1 saturated heterocycles. The molecule has 1 aliphatic rings. The number of carbonyl (C=O) groups excluding carboxylic acids is 2. The topological polar surface area (TPSA) is 55.8 Å². The molecule has 0 atom stereocenters. The third-order valence-electron chi connectivity index (χ3n) is 3.13. The third-order valence-corrected chi connectivity index (χ3v) is 3.13. The van der Waals surface area contributed by atoms with E-state index in [1.165, 1.54) is 7.11 Å². The van der Waals surface area contributed by atoms with Crippen molar-refractivity contribution >= 4 is 11.9 Å². The maximum absolute atomic E-state index is 12.1. The standard InChI is InChI=1S/C14H17NO4/c1-18-14(17)12-5-3-2-4-11(12)10-13(16)15-6-8-19-9-7-15/h2-5H,6-10H2,1H3. The van der Waals surface area contributed by atoms with Gasteiger partial charge in [-0.1, -0.05) is 18.2 Å². The van der Waals surface area contributed by atoms with Gasteiger partial charge in [-0.3, -0.25) is 4.79 Å². The molecule has 0 aromatic heterocycles. The van der Waals surface area contributed by atoms with E-state index in [0.717, 1.165) is 0 Å². The average Bonchev–Trinajstić information content (AvgIpc) is 2.48. The Morgan fingerprint density at radius 1 is 1.26 bits per heavy atom. The van der Waals surface area contributed by atoms with Gasteiger partial charge in [0.2, 0.25) is 5.91 Å². The van der Waals surface area contributed by atoms with Crippen molar-refractivity contribution in [2.75, 3.05) is 33.4 Å². The Bertz CT molecular complexity index is 466. The second-order valence-electron chi connectivity index (χ2n) is 4.32. The van der Waals surface area contributed by atoms with Crippen LogP contribution in [0.4, 0.5) is 0 Å². The molecule has 5 nitrogen and oxygen atoms in total. The molecule has 0 spiro atoms. The van der Waals surface area contributed by atoms with Crippen LogP contribution in [0.3, 0.4) is 0 Å². The SMILES string of the molecule is COC(=O)c1ccccc1CC(=O)N1CCOCC1. The van der Waals surface area contributed by atoms with E-state index < -0.39 is 5.97 Å². The van der Waals surface area contributed by atoms with E-state index >= 15 is 0 Å². The van der Waals surface area contributed by atoms with Crippen molar-refractivity contribution in [2.24, 2.45) is 0 Å². The quantitative estimate of drug-likeness (QED) is 0.759. The van der Waals surface area contributed by atoms with Gasteiger partial charge in [0.05, 0.1) is 32.3 Å². The van der Waals surface area contributed by atoms with Gasteiger partial charge in [-0.25, -0.2) is 4.79 Å². The number of carbonyl (C=O) groups is 2. The van der Waals surface area contributed by atoms with Crippen LogP contribution in [0, 0.1) is 0 Å². The zero-order chi connectivity index (χ0) is 13.7. The van der Waals surface area contributed by atoms with Crippen molar-refractivity contribution in [1.29, 1.82) is 0 Å². The van der Waals surface area contributed by atoms with E-state index in [1.54, 1.807) is 23.1 Å². The van der Waals surface area contributed by atoms with E-state index in [1.807, 2.05) is 6.07 Å². The van der Waals surface area contributed by atoms with Crippen LogP contribution in [0.2, 0.25) is 0 Å².